The van der Waals surface area contributed by atoms with Gasteiger partial charge < -0.3 is 10.0 Å². The molecule has 3 rings (SSSR count). The molecule has 2 nitrogen and oxygen atoms in total. The number of hydrogen-bond acceptors (Lipinski definition) is 2. The first-order valence-electron chi connectivity index (χ1n) is 7.37. The molecule has 0 saturated carbocycles. The number of rotatable bonds is 2. The lowest BCUT2D eigenvalue weighted by Crippen LogP contribution is -2.28. The van der Waals surface area contributed by atoms with Gasteiger partial charge in [0.25, 0.3) is 0 Å². The van der Waals surface area contributed by atoms with Gasteiger partial charge in [0.15, 0.2) is 0 Å². The maximum Gasteiger partial charge on any atom is 0.123 e. The lowest BCUT2D eigenvalue weighted by atomic mass is 9.98. The predicted octanol–water partition coefficient (Wildman–Crippen LogP) is 4.72. The zero-order valence-electron chi connectivity index (χ0n) is 12.5. The second-order valence-corrected chi connectivity index (χ2v) is 6.80. The molecule has 0 saturated heterocycles. The Labute approximate surface area is 134 Å². The minimum atomic E-state index is 0.414. The minimum absolute atomic E-state index is 0.414. The fraction of sp³-hybridized carbons (Fsp3) is 0.333. The number of anilines is 1. The van der Waals surface area contributed by atoms with E-state index >= 15 is 0 Å². The fourth-order valence-electron chi connectivity index (χ4n) is 3.10. The number of hydrogen-bond donors (Lipinski definition) is 1. The second-order valence-electron chi connectivity index (χ2n) is 5.89. The Morgan fingerprint density at radius 3 is 2.81 bits per heavy atom. The number of phenols is 1. The van der Waals surface area contributed by atoms with Crippen molar-refractivity contribution in [2.75, 3.05) is 11.4 Å². The van der Waals surface area contributed by atoms with Gasteiger partial charge in [-0.25, -0.2) is 0 Å². The third-order valence-corrected chi connectivity index (χ3v) is 4.61. The first-order chi connectivity index (χ1) is 10.0. The lowest BCUT2D eigenvalue weighted by Gasteiger charge is -2.32. The van der Waals surface area contributed by atoms with E-state index in [9.17, 15) is 5.11 Å². The Kier molecular flexibility index (Phi) is 3.94. The SMILES string of the molecule is Cc1ccc2c(c1)CCCN2Cc1cc(Br)cc(C)c1O. The molecular formula is C18H20BrNO. The van der Waals surface area contributed by atoms with Crippen LogP contribution in [0.1, 0.15) is 28.7 Å². The quantitative estimate of drug-likeness (QED) is 0.850. The highest BCUT2D eigenvalue weighted by atomic mass is 79.9. The molecule has 0 atom stereocenters. The van der Waals surface area contributed by atoms with Gasteiger partial charge in [-0.2, -0.15) is 0 Å². The van der Waals surface area contributed by atoms with Gasteiger partial charge in [-0.3, -0.25) is 0 Å². The standard InChI is InChI=1S/C18H20BrNO/c1-12-5-6-17-14(8-12)4-3-7-20(17)11-15-10-16(19)9-13(2)18(15)21/h5-6,8-10,21H,3-4,7,11H2,1-2H3. The van der Waals surface area contributed by atoms with Crippen LogP contribution < -0.4 is 4.90 Å². The molecule has 1 heterocycles. The van der Waals surface area contributed by atoms with Crippen LogP contribution in [0.15, 0.2) is 34.8 Å². The second kappa shape index (κ2) is 5.72. The van der Waals surface area contributed by atoms with Crippen molar-refractivity contribution in [1.29, 1.82) is 0 Å². The molecule has 2 aromatic carbocycles. The van der Waals surface area contributed by atoms with E-state index < -0.39 is 0 Å². The number of aromatic hydroxyl groups is 1. The Morgan fingerprint density at radius 2 is 2.00 bits per heavy atom. The average molecular weight is 346 g/mol. The Balaban J connectivity index is 1.94. The molecule has 0 unspecified atom stereocenters. The highest BCUT2D eigenvalue weighted by Crippen LogP contribution is 2.33. The highest BCUT2D eigenvalue weighted by Gasteiger charge is 2.18. The van der Waals surface area contributed by atoms with Gasteiger partial charge in [-0.15, -0.1) is 0 Å². The van der Waals surface area contributed by atoms with Crippen LogP contribution in [0.3, 0.4) is 0 Å². The smallest absolute Gasteiger partial charge is 0.123 e. The van der Waals surface area contributed by atoms with E-state index in [1.807, 2.05) is 19.1 Å². The molecule has 0 spiro atoms. The van der Waals surface area contributed by atoms with Crippen molar-refractivity contribution in [2.45, 2.75) is 33.2 Å². The van der Waals surface area contributed by atoms with Crippen molar-refractivity contribution >= 4 is 21.6 Å². The lowest BCUT2D eigenvalue weighted by molar-refractivity contribution is 0.462. The van der Waals surface area contributed by atoms with Crippen LogP contribution >= 0.6 is 15.9 Å². The van der Waals surface area contributed by atoms with Gasteiger partial charge in [0, 0.05) is 28.8 Å². The summed E-state index contributed by atoms with van der Waals surface area (Å²) in [6, 6.07) is 10.6. The number of aryl methyl sites for hydroxylation is 3. The fourth-order valence-corrected chi connectivity index (χ4v) is 3.72. The molecule has 0 radical (unpaired) electrons. The van der Waals surface area contributed by atoms with E-state index in [-0.39, 0.29) is 0 Å². The van der Waals surface area contributed by atoms with Crippen LogP contribution in [0.5, 0.6) is 5.75 Å². The Morgan fingerprint density at radius 1 is 1.19 bits per heavy atom. The summed E-state index contributed by atoms with van der Waals surface area (Å²) < 4.78 is 1.02. The Hall–Kier alpha value is -1.48. The van der Waals surface area contributed by atoms with E-state index in [0.717, 1.165) is 35.1 Å². The van der Waals surface area contributed by atoms with Gasteiger partial charge in [0.05, 0.1) is 0 Å². The molecule has 0 aromatic heterocycles. The minimum Gasteiger partial charge on any atom is -0.507 e. The van der Waals surface area contributed by atoms with Crippen LogP contribution in [0.2, 0.25) is 0 Å². The van der Waals surface area contributed by atoms with E-state index in [0.29, 0.717) is 5.75 Å². The monoisotopic (exact) mass is 345 g/mol. The molecule has 0 amide bonds. The molecule has 21 heavy (non-hydrogen) atoms. The van der Waals surface area contributed by atoms with Crippen molar-refractivity contribution in [3.63, 3.8) is 0 Å². The van der Waals surface area contributed by atoms with Crippen LogP contribution in [-0.4, -0.2) is 11.7 Å². The highest BCUT2D eigenvalue weighted by molar-refractivity contribution is 9.10. The number of nitrogens with zero attached hydrogens (tertiary/aromatic N) is 1. The van der Waals surface area contributed by atoms with Crippen LogP contribution in [0.4, 0.5) is 5.69 Å². The van der Waals surface area contributed by atoms with E-state index in [1.165, 1.54) is 23.2 Å². The normalized spacial score (nSPS) is 14.1. The Bertz CT molecular complexity index is 681. The molecular weight excluding hydrogens is 326 g/mol. The van der Waals surface area contributed by atoms with Gasteiger partial charge in [-0.05, 0) is 56.0 Å². The summed E-state index contributed by atoms with van der Waals surface area (Å²) in [6.07, 6.45) is 2.32. The molecule has 3 heteroatoms. The third kappa shape index (κ3) is 2.93. The molecule has 2 aromatic rings. The maximum atomic E-state index is 10.3. The molecule has 1 aliphatic heterocycles. The predicted molar refractivity (Wildman–Crippen MR) is 91.1 cm³/mol. The van der Waals surface area contributed by atoms with Crippen LogP contribution in [-0.2, 0) is 13.0 Å². The third-order valence-electron chi connectivity index (χ3n) is 4.16. The summed E-state index contributed by atoms with van der Waals surface area (Å²) in [7, 11) is 0. The average Bonchev–Trinajstić information content (AvgIpc) is 2.44. The van der Waals surface area contributed by atoms with E-state index in [4.69, 9.17) is 0 Å². The summed E-state index contributed by atoms with van der Waals surface area (Å²) in [5, 5.41) is 10.3. The first kappa shape index (κ1) is 14.5. The van der Waals surface area contributed by atoms with Gasteiger partial charge in [0.1, 0.15) is 5.75 Å². The van der Waals surface area contributed by atoms with Crippen molar-refractivity contribution in [3.05, 3.63) is 57.1 Å². The molecule has 0 bridgehead atoms. The van der Waals surface area contributed by atoms with Crippen LogP contribution in [0.25, 0.3) is 0 Å². The summed E-state index contributed by atoms with van der Waals surface area (Å²) >= 11 is 3.52. The van der Waals surface area contributed by atoms with Crippen molar-refractivity contribution in [2.24, 2.45) is 0 Å². The summed E-state index contributed by atoms with van der Waals surface area (Å²) in [5.41, 5.74) is 5.95. The zero-order chi connectivity index (χ0) is 15.0. The van der Waals surface area contributed by atoms with Crippen molar-refractivity contribution in [3.8, 4) is 5.75 Å². The van der Waals surface area contributed by atoms with Crippen molar-refractivity contribution in [1.82, 2.24) is 0 Å². The number of fused-ring (bicyclic) bond motifs is 1. The van der Waals surface area contributed by atoms with E-state index in [1.54, 1.807) is 0 Å². The topological polar surface area (TPSA) is 23.5 Å². The van der Waals surface area contributed by atoms with E-state index in [2.05, 4.69) is 46.0 Å². The molecule has 1 N–H and O–H groups in total. The maximum absolute atomic E-state index is 10.3. The molecule has 0 fully saturated rings. The summed E-state index contributed by atoms with van der Waals surface area (Å²) in [4.78, 5) is 2.37. The molecule has 0 aliphatic carbocycles. The van der Waals surface area contributed by atoms with Crippen molar-refractivity contribution < 1.29 is 5.11 Å². The largest absolute Gasteiger partial charge is 0.507 e. The molecule has 1 aliphatic rings. The number of halogens is 1. The molecule has 110 valence electrons. The van der Waals surface area contributed by atoms with Gasteiger partial charge in [-0.1, -0.05) is 33.6 Å². The first-order valence-corrected chi connectivity index (χ1v) is 8.16. The number of benzene rings is 2. The van der Waals surface area contributed by atoms with Crippen LogP contribution in [0, 0.1) is 13.8 Å². The van der Waals surface area contributed by atoms with Gasteiger partial charge >= 0.3 is 0 Å². The zero-order valence-corrected chi connectivity index (χ0v) is 14.1. The summed E-state index contributed by atoms with van der Waals surface area (Å²) in [6.45, 7) is 5.88. The van der Waals surface area contributed by atoms with Gasteiger partial charge in [0.2, 0.25) is 0 Å². The number of phenolic OH excluding ortho intramolecular Hbond substituents is 1. The summed E-state index contributed by atoms with van der Waals surface area (Å²) in [5.74, 6) is 0.414.